The van der Waals surface area contributed by atoms with Crippen LogP contribution >= 0.6 is 23.1 Å². The van der Waals surface area contributed by atoms with E-state index >= 15 is 0 Å². The van der Waals surface area contributed by atoms with E-state index in [4.69, 9.17) is 0 Å². The van der Waals surface area contributed by atoms with Gasteiger partial charge in [-0.05, 0) is 31.2 Å². The third kappa shape index (κ3) is 5.93. The number of anilines is 2. The van der Waals surface area contributed by atoms with E-state index < -0.39 is 11.8 Å². The molecule has 4 rings (SSSR count). The van der Waals surface area contributed by atoms with Crippen molar-refractivity contribution in [2.24, 2.45) is 0 Å². The molecule has 0 bridgehead atoms. The maximum absolute atomic E-state index is 12.4. The second-order valence-electron chi connectivity index (χ2n) is 6.94. The zero-order valence-electron chi connectivity index (χ0n) is 17.4. The van der Waals surface area contributed by atoms with E-state index in [1.54, 1.807) is 24.3 Å². The normalized spacial score (nSPS) is 10.7. The summed E-state index contributed by atoms with van der Waals surface area (Å²) < 4.78 is 1.79. The van der Waals surface area contributed by atoms with Gasteiger partial charge >= 0.3 is 0 Å². The molecule has 4 aromatic rings. The number of benzene rings is 2. The van der Waals surface area contributed by atoms with Crippen LogP contribution in [0, 0.1) is 6.92 Å². The van der Waals surface area contributed by atoms with E-state index in [9.17, 15) is 14.4 Å². The minimum absolute atomic E-state index is 0.0386. The molecule has 2 aromatic carbocycles. The molecule has 12 heteroatoms. The lowest BCUT2D eigenvalue weighted by Gasteiger charge is -2.08. The van der Waals surface area contributed by atoms with Crippen LogP contribution in [-0.4, -0.2) is 37.3 Å². The first-order chi connectivity index (χ1) is 16.0. The lowest BCUT2D eigenvalue weighted by molar-refractivity contribution is -0.128. The number of carbonyl (C=O) groups excluding carboxylic acids is 2. The standard InChI is InChI=1S/C21H19N7O3S2/c1-13-6-8-14(9-7-13)23-20-26-27-21(33-20)32-11-18(30)25-24-17(29)10-28-12-22-16-5-3-2-4-15(16)19(28)31/h2-9,12H,10-11H2,1H3,(H,23,26)(H,24,29)(H,25,30). The highest BCUT2D eigenvalue weighted by Crippen LogP contribution is 2.27. The summed E-state index contributed by atoms with van der Waals surface area (Å²) in [6, 6.07) is 14.8. The first-order valence-electron chi connectivity index (χ1n) is 9.80. The van der Waals surface area contributed by atoms with Crippen molar-refractivity contribution in [3.8, 4) is 0 Å². The van der Waals surface area contributed by atoms with Gasteiger partial charge in [0, 0.05) is 5.69 Å². The number of nitrogens with one attached hydrogen (secondary N) is 3. The van der Waals surface area contributed by atoms with Crippen molar-refractivity contribution in [3.63, 3.8) is 0 Å². The lowest BCUT2D eigenvalue weighted by Crippen LogP contribution is -2.44. The third-order valence-electron chi connectivity index (χ3n) is 4.42. The summed E-state index contributed by atoms with van der Waals surface area (Å²) in [6.45, 7) is 1.74. The Morgan fingerprint density at radius 3 is 2.61 bits per heavy atom. The molecule has 0 unspecified atom stereocenters. The third-order valence-corrected chi connectivity index (χ3v) is 6.39. The summed E-state index contributed by atoms with van der Waals surface area (Å²) in [7, 11) is 0. The molecule has 2 heterocycles. The van der Waals surface area contributed by atoms with Crippen molar-refractivity contribution in [1.29, 1.82) is 0 Å². The van der Waals surface area contributed by atoms with Gasteiger partial charge in [0.05, 0.1) is 23.0 Å². The van der Waals surface area contributed by atoms with Gasteiger partial charge in [-0.2, -0.15) is 0 Å². The highest BCUT2D eigenvalue weighted by molar-refractivity contribution is 8.01. The van der Waals surface area contributed by atoms with Gasteiger partial charge < -0.3 is 5.32 Å². The summed E-state index contributed by atoms with van der Waals surface area (Å²) in [5, 5.41) is 12.3. The molecule has 33 heavy (non-hydrogen) atoms. The van der Waals surface area contributed by atoms with Gasteiger partial charge in [-0.15, -0.1) is 10.2 Å². The number of fused-ring (bicyclic) bond motifs is 1. The second kappa shape index (κ2) is 10.2. The first-order valence-corrected chi connectivity index (χ1v) is 11.6. The summed E-state index contributed by atoms with van der Waals surface area (Å²) in [6.07, 6.45) is 1.31. The van der Waals surface area contributed by atoms with Crippen LogP contribution in [0.2, 0.25) is 0 Å². The van der Waals surface area contributed by atoms with Crippen LogP contribution < -0.4 is 21.7 Å². The molecule has 0 saturated heterocycles. The topological polar surface area (TPSA) is 131 Å². The number of aromatic nitrogens is 4. The van der Waals surface area contributed by atoms with E-state index in [-0.39, 0.29) is 17.9 Å². The van der Waals surface area contributed by atoms with Crippen molar-refractivity contribution in [1.82, 2.24) is 30.6 Å². The van der Waals surface area contributed by atoms with E-state index in [1.807, 2.05) is 31.2 Å². The highest BCUT2D eigenvalue weighted by Gasteiger charge is 2.11. The van der Waals surface area contributed by atoms with Gasteiger partial charge in [-0.3, -0.25) is 29.8 Å². The zero-order chi connectivity index (χ0) is 23.2. The summed E-state index contributed by atoms with van der Waals surface area (Å²) in [4.78, 5) is 40.8. The molecule has 168 valence electrons. The predicted octanol–water partition coefficient (Wildman–Crippen LogP) is 2.24. The SMILES string of the molecule is Cc1ccc(Nc2nnc(SCC(=O)NNC(=O)Cn3cnc4ccccc4c3=O)s2)cc1. The van der Waals surface area contributed by atoms with E-state index in [2.05, 4.69) is 31.3 Å². The molecule has 0 spiro atoms. The molecular weight excluding hydrogens is 462 g/mol. The molecule has 0 fully saturated rings. The molecule has 0 atom stereocenters. The van der Waals surface area contributed by atoms with Crippen molar-refractivity contribution in [3.05, 3.63) is 70.8 Å². The Balaban J connectivity index is 1.23. The zero-order valence-corrected chi connectivity index (χ0v) is 19.1. The van der Waals surface area contributed by atoms with Crippen LogP contribution in [0.5, 0.6) is 0 Å². The van der Waals surface area contributed by atoms with Crippen LogP contribution in [0.3, 0.4) is 0 Å². The molecule has 0 radical (unpaired) electrons. The number of para-hydroxylation sites is 1. The number of hydrogen-bond acceptors (Lipinski definition) is 9. The molecule has 10 nitrogen and oxygen atoms in total. The smallest absolute Gasteiger partial charge is 0.261 e. The molecule has 3 N–H and O–H groups in total. The van der Waals surface area contributed by atoms with Gasteiger partial charge in [0.1, 0.15) is 6.54 Å². The molecule has 0 aliphatic rings. The molecule has 2 aromatic heterocycles. The number of hydrazine groups is 1. The van der Waals surface area contributed by atoms with Gasteiger partial charge in [-0.1, -0.05) is 52.9 Å². The monoisotopic (exact) mass is 481 g/mol. The van der Waals surface area contributed by atoms with Crippen LogP contribution in [0.1, 0.15) is 5.56 Å². The number of amides is 2. The fourth-order valence-electron chi connectivity index (χ4n) is 2.79. The van der Waals surface area contributed by atoms with Gasteiger partial charge in [0.25, 0.3) is 11.5 Å². The summed E-state index contributed by atoms with van der Waals surface area (Å²) in [5.41, 5.74) is 6.91. The second-order valence-corrected chi connectivity index (χ2v) is 9.14. The van der Waals surface area contributed by atoms with Crippen molar-refractivity contribution in [2.45, 2.75) is 17.8 Å². The van der Waals surface area contributed by atoms with Crippen LogP contribution in [0.15, 0.2) is 64.0 Å². The first kappa shape index (κ1) is 22.4. The summed E-state index contributed by atoms with van der Waals surface area (Å²) in [5.74, 6) is -0.926. The number of carbonyl (C=O) groups is 2. The van der Waals surface area contributed by atoms with Crippen LogP contribution in [0.25, 0.3) is 10.9 Å². The number of nitrogens with zero attached hydrogens (tertiary/aromatic N) is 4. The van der Waals surface area contributed by atoms with E-state index in [1.165, 1.54) is 34.0 Å². The van der Waals surface area contributed by atoms with Crippen molar-refractivity contribution in [2.75, 3.05) is 11.1 Å². The van der Waals surface area contributed by atoms with Crippen LogP contribution in [-0.2, 0) is 16.1 Å². The average Bonchev–Trinajstić information content (AvgIpc) is 3.27. The molecule has 2 amide bonds. The number of thioether (sulfide) groups is 1. The molecule has 0 saturated carbocycles. The van der Waals surface area contributed by atoms with Crippen LogP contribution in [0.4, 0.5) is 10.8 Å². The molecular formula is C21H19N7O3S2. The fourth-order valence-corrected chi connectivity index (χ4v) is 4.37. The molecule has 0 aliphatic heterocycles. The molecule has 0 aliphatic carbocycles. The Kier molecular flexibility index (Phi) is 6.95. The Labute approximate surface area is 196 Å². The minimum atomic E-state index is -0.548. The average molecular weight is 482 g/mol. The lowest BCUT2D eigenvalue weighted by atomic mass is 10.2. The Bertz CT molecular complexity index is 1350. The Morgan fingerprint density at radius 1 is 1.03 bits per heavy atom. The van der Waals surface area contributed by atoms with Crippen molar-refractivity contribution < 1.29 is 9.59 Å². The summed E-state index contributed by atoms with van der Waals surface area (Å²) >= 11 is 2.52. The minimum Gasteiger partial charge on any atom is -0.330 e. The maximum atomic E-state index is 12.4. The fraction of sp³-hybridized carbons (Fsp3) is 0.143. The Morgan fingerprint density at radius 2 is 1.79 bits per heavy atom. The van der Waals surface area contributed by atoms with E-state index in [0.717, 1.165) is 11.3 Å². The van der Waals surface area contributed by atoms with Gasteiger partial charge in [-0.25, -0.2) is 4.98 Å². The number of rotatable bonds is 7. The van der Waals surface area contributed by atoms with Gasteiger partial charge in [0.15, 0.2) is 4.34 Å². The van der Waals surface area contributed by atoms with E-state index in [0.29, 0.717) is 20.4 Å². The number of aryl methyl sites for hydroxylation is 1. The predicted molar refractivity (Wildman–Crippen MR) is 127 cm³/mol. The highest BCUT2D eigenvalue weighted by atomic mass is 32.2. The van der Waals surface area contributed by atoms with Gasteiger partial charge in [0.2, 0.25) is 11.0 Å². The number of hydrogen-bond donors (Lipinski definition) is 3. The van der Waals surface area contributed by atoms with Crippen molar-refractivity contribution >= 4 is 56.6 Å². The largest absolute Gasteiger partial charge is 0.330 e. The Hall–Kier alpha value is -3.77. The maximum Gasteiger partial charge on any atom is 0.261 e. The quantitative estimate of drug-likeness (QED) is 0.271.